The molecule has 1 aromatic rings. The Labute approximate surface area is 95.0 Å². The van der Waals surface area contributed by atoms with Crippen LogP contribution in [0.4, 0.5) is 23.4 Å². The van der Waals surface area contributed by atoms with E-state index >= 15 is 0 Å². The van der Waals surface area contributed by atoms with Gasteiger partial charge in [0.05, 0.1) is 0 Å². The van der Waals surface area contributed by atoms with Gasteiger partial charge >= 0.3 is 12.3 Å². The summed E-state index contributed by atoms with van der Waals surface area (Å²) in [5, 5.41) is 2.80. The van der Waals surface area contributed by atoms with E-state index in [2.05, 4.69) is 20.0 Å². The van der Waals surface area contributed by atoms with Gasteiger partial charge in [-0.2, -0.15) is 8.78 Å². The molecule has 0 saturated heterocycles. The highest BCUT2D eigenvalue weighted by Gasteiger charge is 2.41. The molecule has 0 unspecified atom stereocenters. The van der Waals surface area contributed by atoms with Crippen molar-refractivity contribution in [1.29, 1.82) is 0 Å². The number of rotatable bonds is 6. The molecule has 1 heterocycles. The summed E-state index contributed by atoms with van der Waals surface area (Å²) in [7, 11) is 0. The highest BCUT2D eigenvalue weighted by atomic mass is 19.3. The maximum Gasteiger partial charge on any atom is 0.340 e. The van der Waals surface area contributed by atoms with E-state index in [-0.39, 0.29) is 5.88 Å². The van der Waals surface area contributed by atoms with Crippen LogP contribution >= 0.6 is 0 Å². The van der Waals surface area contributed by atoms with Crippen molar-refractivity contribution in [1.82, 2.24) is 9.97 Å². The Hall–Kier alpha value is -1.60. The Morgan fingerprint density at radius 1 is 1.41 bits per heavy atom. The average Bonchev–Trinajstić information content (AvgIpc) is 2.27. The molecule has 0 aliphatic rings. The monoisotopic (exact) mass is 253 g/mol. The third kappa shape index (κ3) is 4.04. The van der Waals surface area contributed by atoms with E-state index in [9.17, 15) is 17.6 Å². The van der Waals surface area contributed by atoms with E-state index in [4.69, 9.17) is 0 Å². The van der Waals surface area contributed by atoms with Crippen LogP contribution in [-0.2, 0) is 0 Å². The topological polar surface area (TPSA) is 47.0 Å². The second kappa shape index (κ2) is 5.65. The van der Waals surface area contributed by atoms with Crippen LogP contribution in [0.5, 0.6) is 5.88 Å². The van der Waals surface area contributed by atoms with Crippen molar-refractivity contribution in [2.24, 2.45) is 0 Å². The number of hydrogen-bond acceptors (Lipinski definition) is 4. The maximum atomic E-state index is 12.5. The van der Waals surface area contributed by atoms with Crippen molar-refractivity contribution in [2.75, 3.05) is 18.5 Å². The molecule has 0 bridgehead atoms. The summed E-state index contributed by atoms with van der Waals surface area (Å²) in [6.45, 7) is 0.963. The number of ether oxygens (including phenoxy) is 1. The van der Waals surface area contributed by atoms with Crippen LogP contribution in [0.25, 0.3) is 0 Å². The van der Waals surface area contributed by atoms with Gasteiger partial charge in [-0.25, -0.2) is 18.7 Å². The van der Waals surface area contributed by atoms with Crippen LogP contribution in [0, 0.1) is 0 Å². The van der Waals surface area contributed by atoms with Crippen molar-refractivity contribution < 1.29 is 22.3 Å². The fourth-order valence-corrected chi connectivity index (χ4v) is 0.929. The van der Waals surface area contributed by atoms with Gasteiger partial charge < -0.3 is 10.1 Å². The van der Waals surface area contributed by atoms with Gasteiger partial charge in [-0.1, -0.05) is 0 Å². The third-order valence-electron chi connectivity index (χ3n) is 1.73. The van der Waals surface area contributed by atoms with Gasteiger partial charge in [0.1, 0.15) is 12.1 Å². The standard InChI is InChI=1S/C9H11F4N3O/c1-2-14-6-3-7(16-5-15-6)17-4-9(12,13)8(10)11/h3,5,8H,2,4H2,1H3,(H,14,15,16). The molecule has 8 heteroatoms. The lowest BCUT2D eigenvalue weighted by Gasteiger charge is -2.15. The lowest BCUT2D eigenvalue weighted by atomic mass is 10.4. The molecule has 0 aliphatic heterocycles. The molecule has 96 valence electrons. The van der Waals surface area contributed by atoms with Crippen LogP contribution in [0.2, 0.25) is 0 Å². The lowest BCUT2D eigenvalue weighted by molar-refractivity contribution is -0.148. The first-order chi connectivity index (χ1) is 7.95. The summed E-state index contributed by atoms with van der Waals surface area (Å²) in [6.07, 6.45) is -2.68. The zero-order valence-electron chi connectivity index (χ0n) is 8.96. The zero-order chi connectivity index (χ0) is 12.9. The van der Waals surface area contributed by atoms with E-state index in [0.717, 1.165) is 6.33 Å². The van der Waals surface area contributed by atoms with Gasteiger partial charge in [0.15, 0.2) is 6.61 Å². The number of nitrogens with one attached hydrogen (secondary N) is 1. The summed E-state index contributed by atoms with van der Waals surface area (Å²) < 4.78 is 53.3. The highest BCUT2D eigenvalue weighted by Crippen LogP contribution is 2.23. The zero-order valence-corrected chi connectivity index (χ0v) is 8.96. The first-order valence-electron chi connectivity index (χ1n) is 4.80. The predicted molar refractivity (Wildman–Crippen MR) is 52.6 cm³/mol. The predicted octanol–water partition coefficient (Wildman–Crippen LogP) is 2.19. The van der Waals surface area contributed by atoms with E-state index in [1.54, 1.807) is 0 Å². The van der Waals surface area contributed by atoms with Gasteiger partial charge in [-0.05, 0) is 6.92 Å². The van der Waals surface area contributed by atoms with Crippen LogP contribution in [0.15, 0.2) is 12.4 Å². The first-order valence-corrected chi connectivity index (χ1v) is 4.80. The Morgan fingerprint density at radius 2 is 2.12 bits per heavy atom. The Morgan fingerprint density at radius 3 is 2.71 bits per heavy atom. The second-order valence-electron chi connectivity index (χ2n) is 3.12. The van der Waals surface area contributed by atoms with Gasteiger partial charge in [-0.15, -0.1) is 0 Å². The molecule has 0 fully saturated rings. The molecular formula is C9H11F4N3O. The number of alkyl halides is 4. The molecule has 0 spiro atoms. The van der Waals surface area contributed by atoms with E-state index < -0.39 is 19.0 Å². The fraction of sp³-hybridized carbons (Fsp3) is 0.556. The molecule has 0 saturated carbocycles. The second-order valence-corrected chi connectivity index (χ2v) is 3.12. The molecule has 1 N–H and O–H groups in total. The van der Waals surface area contributed by atoms with Crippen molar-refractivity contribution in [2.45, 2.75) is 19.3 Å². The Kier molecular flexibility index (Phi) is 4.47. The average molecular weight is 253 g/mol. The van der Waals surface area contributed by atoms with Crippen LogP contribution < -0.4 is 10.1 Å². The summed E-state index contributed by atoms with van der Waals surface area (Å²) >= 11 is 0. The summed E-state index contributed by atoms with van der Waals surface area (Å²) in [5.41, 5.74) is 0. The molecule has 0 amide bonds. The van der Waals surface area contributed by atoms with Crippen LogP contribution in [-0.4, -0.2) is 35.5 Å². The lowest BCUT2D eigenvalue weighted by Crippen LogP contribution is -2.33. The largest absolute Gasteiger partial charge is 0.471 e. The molecule has 0 atom stereocenters. The molecule has 4 nitrogen and oxygen atoms in total. The van der Waals surface area contributed by atoms with Crippen molar-refractivity contribution in [3.05, 3.63) is 12.4 Å². The van der Waals surface area contributed by atoms with Crippen molar-refractivity contribution in [3.63, 3.8) is 0 Å². The van der Waals surface area contributed by atoms with Gasteiger partial charge in [0, 0.05) is 12.6 Å². The van der Waals surface area contributed by atoms with Crippen molar-refractivity contribution >= 4 is 5.82 Å². The SMILES string of the molecule is CCNc1cc(OCC(F)(F)C(F)F)ncn1. The molecule has 0 radical (unpaired) electrons. The first kappa shape index (κ1) is 13.5. The number of anilines is 1. The van der Waals surface area contributed by atoms with Gasteiger partial charge in [0.25, 0.3) is 0 Å². The van der Waals surface area contributed by atoms with Gasteiger partial charge in [-0.3, -0.25) is 0 Å². The quantitative estimate of drug-likeness (QED) is 0.789. The Balaban J connectivity index is 2.60. The minimum atomic E-state index is -4.19. The molecule has 1 aromatic heterocycles. The minimum Gasteiger partial charge on any atom is -0.471 e. The number of hydrogen-bond donors (Lipinski definition) is 1. The number of aromatic nitrogens is 2. The highest BCUT2D eigenvalue weighted by molar-refractivity contribution is 5.36. The van der Waals surface area contributed by atoms with E-state index in [1.807, 2.05) is 6.92 Å². The summed E-state index contributed by atoms with van der Waals surface area (Å²) in [6, 6.07) is 1.26. The number of halogens is 4. The van der Waals surface area contributed by atoms with E-state index in [0.29, 0.717) is 12.4 Å². The fourth-order valence-electron chi connectivity index (χ4n) is 0.929. The summed E-state index contributed by atoms with van der Waals surface area (Å²) in [4.78, 5) is 7.30. The maximum absolute atomic E-state index is 12.5. The normalized spacial score (nSPS) is 11.6. The molecular weight excluding hydrogens is 242 g/mol. The smallest absolute Gasteiger partial charge is 0.340 e. The minimum absolute atomic E-state index is 0.184. The molecule has 17 heavy (non-hydrogen) atoms. The summed E-state index contributed by atoms with van der Waals surface area (Å²) in [5.74, 6) is -4.00. The molecule has 1 rings (SSSR count). The number of nitrogens with zero attached hydrogens (tertiary/aromatic N) is 2. The molecule has 0 aromatic carbocycles. The van der Waals surface area contributed by atoms with Crippen LogP contribution in [0.3, 0.4) is 0 Å². The Bertz CT molecular complexity index is 362. The van der Waals surface area contributed by atoms with Gasteiger partial charge in [0.2, 0.25) is 5.88 Å². The van der Waals surface area contributed by atoms with E-state index in [1.165, 1.54) is 6.07 Å². The van der Waals surface area contributed by atoms with Crippen LogP contribution in [0.1, 0.15) is 6.92 Å². The van der Waals surface area contributed by atoms with Crippen molar-refractivity contribution in [3.8, 4) is 5.88 Å². The molecule has 0 aliphatic carbocycles. The third-order valence-corrected chi connectivity index (χ3v) is 1.73.